The summed E-state index contributed by atoms with van der Waals surface area (Å²) in [5.41, 5.74) is 1.90. The molecule has 0 aliphatic rings. The first-order chi connectivity index (χ1) is 10.6. The number of nitrogens with zero attached hydrogens (tertiary/aromatic N) is 1. The fourth-order valence-corrected chi connectivity index (χ4v) is 2.37. The standard InChI is InChI=1S/C17H19BrN2O2/c1-20(11-13-6-8-14(18)9-7-13)12-17(21)19-15-4-3-5-16(10-15)22-2/h3-10H,11-12H2,1-2H3,(H,19,21). The molecule has 0 saturated heterocycles. The largest absolute Gasteiger partial charge is 0.497 e. The van der Waals surface area contributed by atoms with Crippen LogP contribution < -0.4 is 10.1 Å². The molecule has 0 aliphatic carbocycles. The molecule has 4 nitrogen and oxygen atoms in total. The van der Waals surface area contributed by atoms with Crippen LogP contribution in [0, 0.1) is 0 Å². The number of halogens is 1. The zero-order valence-corrected chi connectivity index (χ0v) is 14.3. The molecule has 0 bridgehead atoms. The smallest absolute Gasteiger partial charge is 0.238 e. The second-order valence-electron chi connectivity index (χ2n) is 5.08. The molecule has 0 fully saturated rings. The van der Waals surface area contributed by atoms with Gasteiger partial charge in [0.2, 0.25) is 5.91 Å². The van der Waals surface area contributed by atoms with Crippen molar-refractivity contribution in [1.29, 1.82) is 0 Å². The molecule has 0 spiro atoms. The SMILES string of the molecule is COc1cccc(NC(=O)CN(C)Cc2ccc(Br)cc2)c1. The molecule has 0 radical (unpaired) electrons. The van der Waals surface area contributed by atoms with Crippen molar-refractivity contribution in [1.82, 2.24) is 4.90 Å². The number of methoxy groups -OCH3 is 1. The fraction of sp³-hybridized carbons (Fsp3) is 0.235. The van der Waals surface area contributed by atoms with Crippen LogP contribution in [0.25, 0.3) is 0 Å². The summed E-state index contributed by atoms with van der Waals surface area (Å²) in [7, 11) is 3.53. The molecule has 5 heteroatoms. The van der Waals surface area contributed by atoms with E-state index in [0.717, 1.165) is 22.5 Å². The van der Waals surface area contributed by atoms with Crippen LogP contribution in [-0.4, -0.2) is 31.5 Å². The highest BCUT2D eigenvalue weighted by atomic mass is 79.9. The van der Waals surface area contributed by atoms with Crippen LogP contribution in [0.4, 0.5) is 5.69 Å². The molecule has 1 amide bonds. The lowest BCUT2D eigenvalue weighted by molar-refractivity contribution is -0.117. The molecule has 116 valence electrons. The molecule has 0 saturated carbocycles. The highest BCUT2D eigenvalue weighted by Crippen LogP contribution is 2.16. The zero-order valence-electron chi connectivity index (χ0n) is 12.7. The lowest BCUT2D eigenvalue weighted by atomic mass is 10.2. The Morgan fingerprint density at radius 1 is 1.23 bits per heavy atom. The van der Waals surface area contributed by atoms with Gasteiger partial charge in [-0.1, -0.05) is 34.1 Å². The normalized spacial score (nSPS) is 10.5. The van der Waals surface area contributed by atoms with Crippen molar-refractivity contribution in [3.8, 4) is 5.75 Å². The van der Waals surface area contributed by atoms with Gasteiger partial charge in [0, 0.05) is 22.8 Å². The Kier molecular flexibility index (Phi) is 5.98. The van der Waals surface area contributed by atoms with Gasteiger partial charge in [0.25, 0.3) is 0 Å². The van der Waals surface area contributed by atoms with Crippen LogP contribution >= 0.6 is 15.9 Å². The quantitative estimate of drug-likeness (QED) is 0.854. The Bertz CT molecular complexity index is 629. The number of ether oxygens (including phenoxy) is 1. The van der Waals surface area contributed by atoms with Crippen LogP contribution in [0.5, 0.6) is 5.75 Å². The summed E-state index contributed by atoms with van der Waals surface area (Å²) in [4.78, 5) is 14.0. The predicted octanol–water partition coefficient (Wildman–Crippen LogP) is 3.53. The minimum absolute atomic E-state index is 0.0483. The number of anilines is 1. The molecule has 2 aromatic carbocycles. The lowest BCUT2D eigenvalue weighted by Crippen LogP contribution is -2.29. The number of nitrogens with one attached hydrogen (secondary N) is 1. The van der Waals surface area contributed by atoms with Crippen LogP contribution in [-0.2, 0) is 11.3 Å². The number of rotatable bonds is 6. The van der Waals surface area contributed by atoms with E-state index in [4.69, 9.17) is 4.74 Å². The average Bonchev–Trinajstić information content (AvgIpc) is 2.49. The van der Waals surface area contributed by atoms with Crippen molar-refractivity contribution in [2.45, 2.75) is 6.54 Å². The van der Waals surface area contributed by atoms with E-state index in [1.165, 1.54) is 5.56 Å². The third-order valence-corrected chi connectivity index (χ3v) is 3.66. The van der Waals surface area contributed by atoms with Crippen LogP contribution in [0.15, 0.2) is 53.0 Å². The van der Waals surface area contributed by atoms with Gasteiger partial charge in [0.15, 0.2) is 0 Å². The molecule has 0 atom stereocenters. The fourth-order valence-electron chi connectivity index (χ4n) is 2.10. The van der Waals surface area contributed by atoms with Gasteiger partial charge in [-0.3, -0.25) is 9.69 Å². The van der Waals surface area contributed by atoms with Gasteiger partial charge in [-0.25, -0.2) is 0 Å². The monoisotopic (exact) mass is 362 g/mol. The maximum Gasteiger partial charge on any atom is 0.238 e. The van der Waals surface area contributed by atoms with Crippen LogP contribution in [0.1, 0.15) is 5.56 Å². The van der Waals surface area contributed by atoms with Gasteiger partial charge in [0.05, 0.1) is 13.7 Å². The highest BCUT2D eigenvalue weighted by molar-refractivity contribution is 9.10. The summed E-state index contributed by atoms with van der Waals surface area (Å²) >= 11 is 3.41. The maximum absolute atomic E-state index is 12.1. The van der Waals surface area contributed by atoms with Crippen LogP contribution in [0.2, 0.25) is 0 Å². The van der Waals surface area contributed by atoms with E-state index in [1.54, 1.807) is 13.2 Å². The first-order valence-electron chi connectivity index (χ1n) is 6.93. The Labute approximate surface area is 139 Å². The van der Waals surface area contributed by atoms with Gasteiger partial charge >= 0.3 is 0 Å². The van der Waals surface area contributed by atoms with E-state index in [0.29, 0.717) is 6.54 Å². The van der Waals surface area contributed by atoms with Crippen molar-refractivity contribution in [3.05, 3.63) is 58.6 Å². The lowest BCUT2D eigenvalue weighted by Gasteiger charge is -2.16. The molecular weight excluding hydrogens is 344 g/mol. The molecule has 22 heavy (non-hydrogen) atoms. The predicted molar refractivity (Wildman–Crippen MR) is 92.1 cm³/mol. The first kappa shape index (κ1) is 16.5. The number of carbonyl (C=O) groups is 1. The molecule has 0 heterocycles. The van der Waals surface area contributed by atoms with Crippen molar-refractivity contribution in [2.75, 3.05) is 26.0 Å². The number of benzene rings is 2. The van der Waals surface area contributed by atoms with E-state index >= 15 is 0 Å². The molecule has 2 aromatic rings. The minimum Gasteiger partial charge on any atom is -0.497 e. The Morgan fingerprint density at radius 2 is 1.95 bits per heavy atom. The van der Waals surface area contributed by atoms with E-state index in [1.807, 2.05) is 54.4 Å². The number of hydrogen-bond acceptors (Lipinski definition) is 3. The van der Waals surface area contributed by atoms with E-state index in [9.17, 15) is 4.79 Å². The molecular formula is C17H19BrN2O2. The summed E-state index contributed by atoms with van der Waals surface area (Å²) < 4.78 is 6.19. The van der Waals surface area contributed by atoms with E-state index in [-0.39, 0.29) is 5.91 Å². The van der Waals surface area contributed by atoms with Gasteiger partial charge in [-0.15, -0.1) is 0 Å². The minimum atomic E-state index is -0.0483. The summed E-state index contributed by atoms with van der Waals surface area (Å²) in [6, 6.07) is 15.4. The molecule has 1 N–H and O–H groups in total. The Morgan fingerprint density at radius 3 is 2.64 bits per heavy atom. The highest BCUT2D eigenvalue weighted by Gasteiger charge is 2.08. The maximum atomic E-state index is 12.1. The summed E-state index contributed by atoms with van der Waals surface area (Å²) in [6.45, 7) is 1.05. The van der Waals surface area contributed by atoms with Gasteiger partial charge in [-0.05, 0) is 36.9 Å². The van der Waals surface area contributed by atoms with Crippen molar-refractivity contribution >= 4 is 27.5 Å². The summed E-state index contributed by atoms with van der Waals surface area (Å²) in [5.74, 6) is 0.675. The van der Waals surface area contributed by atoms with Gasteiger partial charge in [0.1, 0.15) is 5.75 Å². The average molecular weight is 363 g/mol. The topological polar surface area (TPSA) is 41.6 Å². The van der Waals surface area contributed by atoms with Crippen LogP contribution in [0.3, 0.4) is 0 Å². The molecule has 0 aromatic heterocycles. The number of carbonyl (C=O) groups excluding carboxylic acids is 1. The van der Waals surface area contributed by atoms with E-state index in [2.05, 4.69) is 21.2 Å². The zero-order chi connectivity index (χ0) is 15.9. The summed E-state index contributed by atoms with van der Waals surface area (Å²) in [5, 5.41) is 2.87. The third kappa shape index (κ3) is 5.16. The first-order valence-corrected chi connectivity index (χ1v) is 7.73. The van der Waals surface area contributed by atoms with Crippen molar-refractivity contribution in [3.63, 3.8) is 0 Å². The van der Waals surface area contributed by atoms with Gasteiger partial charge in [-0.2, -0.15) is 0 Å². The molecule has 0 unspecified atom stereocenters. The van der Waals surface area contributed by atoms with Crippen molar-refractivity contribution < 1.29 is 9.53 Å². The van der Waals surface area contributed by atoms with Gasteiger partial charge < -0.3 is 10.1 Å². The molecule has 0 aliphatic heterocycles. The number of amides is 1. The van der Waals surface area contributed by atoms with Crippen molar-refractivity contribution in [2.24, 2.45) is 0 Å². The second-order valence-corrected chi connectivity index (χ2v) is 5.99. The third-order valence-electron chi connectivity index (χ3n) is 3.13. The Balaban J connectivity index is 1.86. The second kappa shape index (κ2) is 7.96. The van der Waals surface area contributed by atoms with E-state index < -0.39 is 0 Å². The Hall–Kier alpha value is -1.85. The number of likely N-dealkylation sites (N-methyl/N-ethyl adjacent to an activating group) is 1. The summed E-state index contributed by atoms with van der Waals surface area (Å²) in [6.07, 6.45) is 0. The molecule has 2 rings (SSSR count). The number of hydrogen-bond donors (Lipinski definition) is 1.